The lowest BCUT2D eigenvalue weighted by molar-refractivity contribution is -0.136. The van der Waals surface area contributed by atoms with E-state index in [1.807, 2.05) is 30.3 Å². The third-order valence-electron chi connectivity index (χ3n) is 4.71. The molecule has 1 atom stereocenters. The van der Waals surface area contributed by atoms with Gasteiger partial charge in [-0.1, -0.05) is 30.0 Å². The van der Waals surface area contributed by atoms with Gasteiger partial charge in [-0.25, -0.2) is 8.42 Å². The number of carbonyl (C=O) groups excluding carboxylic acids is 1. The Morgan fingerprint density at radius 1 is 1.20 bits per heavy atom. The fraction of sp³-hybridized carbons (Fsp3) is 0.318. The van der Waals surface area contributed by atoms with Crippen LogP contribution in [0.4, 0.5) is 0 Å². The summed E-state index contributed by atoms with van der Waals surface area (Å²) < 4.78 is 38.6. The quantitative estimate of drug-likeness (QED) is 0.566. The Balaban J connectivity index is 1.71. The number of morpholine rings is 1. The first-order valence-electron chi connectivity index (χ1n) is 9.37. The molecule has 8 heteroatoms. The monoisotopic (exact) mass is 445 g/mol. The van der Waals surface area contributed by atoms with Crippen LogP contribution in [-0.2, 0) is 19.6 Å². The Morgan fingerprint density at radius 3 is 2.50 bits per heavy atom. The van der Waals surface area contributed by atoms with Gasteiger partial charge in [-0.05, 0) is 50.2 Å². The molecule has 0 amide bonds. The standard InChI is InChI=1S/C22H23NO5S2/c1-22(2)20(21(24)29)23(14-16-28-22)30(25,26)19-12-10-18(11-13-19)27-15-6-9-17-7-4-3-5-8-17/h3-5,7-8,10-13,20H,14-16H2,1-2H3,(H,24,29)/t20-/m1/s1. The van der Waals surface area contributed by atoms with Crippen molar-refractivity contribution in [3.8, 4) is 17.6 Å². The molecule has 1 heterocycles. The van der Waals surface area contributed by atoms with E-state index in [2.05, 4.69) is 24.5 Å². The van der Waals surface area contributed by atoms with Crippen LogP contribution in [0.25, 0.3) is 0 Å². The summed E-state index contributed by atoms with van der Waals surface area (Å²) in [7, 11) is -3.91. The Labute approximate surface area is 182 Å². The molecule has 1 fully saturated rings. The van der Waals surface area contributed by atoms with E-state index in [-0.39, 0.29) is 24.7 Å². The minimum absolute atomic E-state index is 0.0718. The van der Waals surface area contributed by atoms with Gasteiger partial charge in [-0.3, -0.25) is 4.79 Å². The molecule has 1 aliphatic heterocycles. The second kappa shape index (κ2) is 9.23. The minimum atomic E-state index is -3.91. The molecule has 1 saturated heterocycles. The number of hydrogen-bond acceptors (Lipinski definition) is 5. The van der Waals surface area contributed by atoms with Gasteiger partial charge in [0.1, 0.15) is 18.4 Å². The minimum Gasteiger partial charge on any atom is -0.481 e. The van der Waals surface area contributed by atoms with E-state index in [1.54, 1.807) is 26.0 Å². The van der Waals surface area contributed by atoms with Crippen molar-refractivity contribution in [1.82, 2.24) is 4.31 Å². The van der Waals surface area contributed by atoms with Gasteiger partial charge < -0.3 is 9.47 Å². The fourth-order valence-corrected chi connectivity index (χ4v) is 5.48. The smallest absolute Gasteiger partial charge is 0.243 e. The number of thiol groups is 1. The van der Waals surface area contributed by atoms with E-state index in [0.29, 0.717) is 5.75 Å². The summed E-state index contributed by atoms with van der Waals surface area (Å²) in [5.74, 6) is 6.40. The van der Waals surface area contributed by atoms with Crippen LogP contribution in [0.5, 0.6) is 5.75 Å². The average molecular weight is 446 g/mol. The van der Waals surface area contributed by atoms with Crippen molar-refractivity contribution in [3.63, 3.8) is 0 Å². The molecule has 0 saturated carbocycles. The van der Waals surface area contributed by atoms with E-state index >= 15 is 0 Å². The summed E-state index contributed by atoms with van der Waals surface area (Å²) in [5, 5.41) is -0.555. The first kappa shape index (κ1) is 22.4. The van der Waals surface area contributed by atoms with Gasteiger partial charge in [-0.2, -0.15) is 4.31 Å². The normalized spacial score (nSPS) is 18.8. The van der Waals surface area contributed by atoms with Gasteiger partial charge in [-0.15, -0.1) is 12.6 Å². The highest BCUT2D eigenvalue weighted by Crippen LogP contribution is 2.31. The molecule has 0 spiro atoms. The molecule has 2 aromatic rings. The molecule has 0 aromatic heterocycles. The summed E-state index contributed by atoms with van der Waals surface area (Å²) in [6, 6.07) is 14.6. The Kier molecular flexibility index (Phi) is 6.88. The maximum atomic E-state index is 13.1. The summed E-state index contributed by atoms with van der Waals surface area (Å²) in [6.07, 6.45) is 0. The molecule has 0 aliphatic carbocycles. The van der Waals surface area contributed by atoms with Gasteiger partial charge >= 0.3 is 0 Å². The van der Waals surface area contributed by atoms with Crippen molar-refractivity contribution < 1.29 is 22.7 Å². The molecule has 0 bridgehead atoms. The van der Waals surface area contributed by atoms with E-state index in [0.717, 1.165) is 9.87 Å². The average Bonchev–Trinajstić information content (AvgIpc) is 2.71. The molecule has 1 aliphatic rings. The van der Waals surface area contributed by atoms with Crippen LogP contribution in [0.1, 0.15) is 19.4 Å². The number of ether oxygens (including phenoxy) is 2. The van der Waals surface area contributed by atoms with E-state index in [4.69, 9.17) is 9.47 Å². The highest BCUT2D eigenvalue weighted by Gasteiger charge is 2.47. The highest BCUT2D eigenvalue weighted by atomic mass is 32.2. The molecular formula is C22H23NO5S2. The predicted octanol–water partition coefficient (Wildman–Crippen LogP) is 2.74. The van der Waals surface area contributed by atoms with Crippen molar-refractivity contribution >= 4 is 27.8 Å². The molecular weight excluding hydrogens is 422 g/mol. The van der Waals surface area contributed by atoms with Crippen molar-refractivity contribution in [2.75, 3.05) is 19.8 Å². The summed E-state index contributed by atoms with van der Waals surface area (Å²) in [4.78, 5) is 12.1. The first-order chi connectivity index (χ1) is 14.2. The van der Waals surface area contributed by atoms with Crippen molar-refractivity contribution in [2.24, 2.45) is 0 Å². The topological polar surface area (TPSA) is 72.9 Å². The summed E-state index contributed by atoms with van der Waals surface area (Å²) in [6.45, 7) is 3.82. The molecule has 158 valence electrons. The molecule has 0 radical (unpaired) electrons. The highest BCUT2D eigenvalue weighted by molar-refractivity contribution is 7.97. The molecule has 6 nitrogen and oxygen atoms in total. The van der Waals surface area contributed by atoms with Crippen LogP contribution in [0, 0.1) is 11.8 Å². The van der Waals surface area contributed by atoms with Crippen LogP contribution < -0.4 is 4.74 Å². The predicted molar refractivity (Wildman–Crippen MR) is 117 cm³/mol. The Hall–Kier alpha value is -2.31. The van der Waals surface area contributed by atoms with Crippen LogP contribution in [0.15, 0.2) is 59.5 Å². The van der Waals surface area contributed by atoms with Crippen LogP contribution in [-0.4, -0.2) is 49.2 Å². The van der Waals surface area contributed by atoms with Crippen molar-refractivity contribution in [2.45, 2.75) is 30.4 Å². The number of hydrogen-bond donors (Lipinski definition) is 1. The zero-order valence-electron chi connectivity index (χ0n) is 16.7. The maximum Gasteiger partial charge on any atom is 0.243 e. The third-order valence-corrected chi connectivity index (χ3v) is 6.84. The molecule has 30 heavy (non-hydrogen) atoms. The van der Waals surface area contributed by atoms with E-state index < -0.39 is 26.8 Å². The number of sulfonamides is 1. The molecule has 0 unspecified atom stereocenters. The van der Waals surface area contributed by atoms with Gasteiger partial charge in [0.2, 0.25) is 15.1 Å². The van der Waals surface area contributed by atoms with Crippen LogP contribution >= 0.6 is 12.6 Å². The van der Waals surface area contributed by atoms with Crippen molar-refractivity contribution in [3.05, 3.63) is 60.2 Å². The zero-order chi connectivity index (χ0) is 21.8. The lowest BCUT2D eigenvalue weighted by atomic mass is 9.98. The summed E-state index contributed by atoms with van der Waals surface area (Å²) in [5.41, 5.74) is -0.0748. The second-order valence-electron chi connectivity index (χ2n) is 7.24. The van der Waals surface area contributed by atoms with Gasteiger partial charge in [0, 0.05) is 12.1 Å². The lowest BCUT2D eigenvalue weighted by Gasteiger charge is -2.43. The first-order valence-corrected chi connectivity index (χ1v) is 11.3. The van der Waals surface area contributed by atoms with E-state index in [9.17, 15) is 13.2 Å². The van der Waals surface area contributed by atoms with Gasteiger partial charge in [0.05, 0.1) is 17.1 Å². The maximum absolute atomic E-state index is 13.1. The van der Waals surface area contributed by atoms with Gasteiger partial charge in [0.15, 0.2) is 0 Å². The second-order valence-corrected chi connectivity index (χ2v) is 9.57. The number of benzene rings is 2. The van der Waals surface area contributed by atoms with Crippen LogP contribution in [0.3, 0.4) is 0 Å². The lowest BCUT2D eigenvalue weighted by Crippen LogP contribution is -2.61. The van der Waals surface area contributed by atoms with Gasteiger partial charge in [0.25, 0.3) is 0 Å². The largest absolute Gasteiger partial charge is 0.481 e. The SMILES string of the molecule is CC1(C)OCCN(S(=O)(=O)c2ccc(OCC#Cc3ccccc3)cc2)[C@@H]1C(=O)S. The third kappa shape index (κ3) is 5.05. The molecule has 0 N–H and O–H groups in total. The molecule has 3 rings (SSSR count). The van der Waals surface area contributed by atoms with Crippen molar-refractivity contribution in [1.29, 1.82) is 0 Å². The number of rotatable bonds is 5. The Morgan fingerprint density at radius 2 is 1.87 bits per heavy atom. The fourth-order valence-electron chi connectivity index (χ4n) is 3.26. The Bertz CT molecular complexity index is 1050. The number of carbonyl (C=O) groups is 1. The van der Waals surface area contributed by atoms with E-state index in [1.165, 1.54) is 12.1 Å². The van der Waals surface area contributed by atoms with Crippen LogP contribution in [0.2, 0.25) is 0 Å². The zero-order valence-corrected chi connectivity index (χ0v) is 18.4. The molecule has 2 aromatic carbocycles. The summed E-state index contributed by atoms with van der Waals surface area (Å²) >= 11 is 3.89. The number of nitrogens with zero attached hydrogens (tertiary/aromatic N) is 1.